The van der Waals surface area contributed by atoms with Crippen LogP contribution in [-0.2, 0) is 10.0 Å². The summed E-state index contributed by atoms with van der Waals surface area (Å²) in [7, 11) is -4.67. The molecule has 206 valence electrons. The minimum Gasteiger partial charge on any atom is -0.437 e. The fraction of sp³-hybridized carbons (Fsp3) is 0.320. The minimum atomic E-state index is -4.87. The Labute approximate surface area is 226 Å². The SMILES string of the molecule is Cc1cc(NS(=O)(=O)CC(F)(F)F)c2ccccc2c1Oc1ncsc1-c1ccnc(N[C@H]2CCCNC2)n1. The molecule has 0 unspecified atom stereocenters. The standard InChI is InChI=1S/C25H25F3N6O3S2/c1-15-11-20(34-39(35,36)13-25(26,27)28)17-6-2-3-7-18(17)21(15)37-23-22(38-14-31-23)19-8-10-30-24(33-19)32-16-5-4-9-29-12-16/h2-3,6-8,10-11,14,16,29,34H,4-5,9,12-13H2,1H3,(H,30,32,33)/t16-/m0/s1. The van der Waals surface area contributed by atoms with Gasteiger partial charge in [0.2, 0.25) is 21.9 Å². The third-order valence-corrected chi connectivity index (χ3v) is 8.12. The number of piperidine rings is 1. The largest absolute Gasteiger partial charge is 0.437 e. The molecule has 9 nitrogen and oxygen atoms in total. The number of thiazole rings is 1. The number of halogens is 3. The number of benzene rings is 2. The zero-order valence-electron chi connectivity index (χ0n) is 20.7. The average molecular weight is 579 g/mol. The number of alkyl halides is 3. The molecular weight excluding hydrogens is 553 g/mol. The Bertz CT molecular complexity index is 1590. The van der Waals surface area contributed by atoms with Crippen molar-refractivity contribution in [3.63, 3.8) is 0 Å². The molecule has 2 aromatic carbocycles. The second kappa shape index (κ2) is 10.9. The average Bonchev–Trinajstić information content (AvgIpc) is 3.34. The molecule has 39 heavy (non-hydrogen) atoms. The van der Waals surface area contributed by atoms with Crippen molar-refractivity contribution in [2.75, 3.05) is 28.9 Å². The maximum atomic E-state index is 12.8. The van der Waals surface area contributed by atoms with Gasteiger partial charge in [-0.15, -0.1) is 11.3 Å². The van der Waals surface area contributed by atoms with E-state index in [1.165, 1.54) is 17.4 Å². The minimum absolute atomic E-state index is 0.0296. The monoisotopic (exact) mass is 578 g/mol. The molecule has 1 saturated heterocycles. The van der Waals surface area contributed by atoms with Crippen LogP contribution in [0.3, 0.4) is 0 Å². The highest BCUT2D eigenvalue weighted by Gasteiger charge is 2.35. The van der Waals surface area contributed by atoms with Crippen LogP contribution >= 0.6 is 11.3 Å². The van der Waals surface area contributed by atoms with Crippen LogP contribution in [0, 0.1) is 6.92 Å². The van der Waals surface area contributed by atoms with E-state index in [1.54, 1.807) is 49.0 Å². The number of nitrogens with zero attached hydrogens (tertiary/aromatic N) is 3. The van der Waals surface area contributed by atoms with Gasteiger partial charge in [0.15, 0.2) is 5.75 Å². The Morgan fingerprint density at radius 2 is 1.97 bits per heavy atom. The van der Waals surface area contributed by atoms with Gasteiger partial charge in [-0.2, -0.15) is 13.2 Å². The van der Waals surface area contributed by atoms with Gasteiger partial charge < -0.3 is 15.4 Å². The Kier molecular flexibility index (Phi) is 7.60. The Hall–Kier alpha value is -3.49. The van der Waals surface area contributed by atoms with Gasteiger partial charge in [0.1, 0.15) is 10.6 Å². The van der Waals surface area contributed by atoms with E-state index in [0.717, 1.165) is 25.9 Å². The van der Waals surface area contributed by atoms with E-state index in [-0.39, 0.29) is 11.7 Å². The number of hydrogen-bond donors (Lipinski definition) is 3. The molecule has 2 aromatic heterocycles. The zero-order chi connectivity index (χ0) is 27.6. The molecular formula is C25H25F3N6O3S2. The summed E-state index contributed by atoms with van der Waals surface area (Å²) in [5.41, 5.74) is 2.78. The highest BCUT2D eigenvalue weighted by atomic mass is 32.2. The maximum Gasteiger partial charge on any atom is 0.404 e. The molecule has 0 radical (unpaired) electrons. The quantitative estimate of drug-likeness (QED) is 0.257. The summed E-state index contributed by atoms with van der Waals surface area (Å²) in [5.74, 6) is -0.793. The number of ether oxygens (including phenoxy) is 1. The summed E-state index contributed by atoms with van der Waals surface area (Å²) < 4.78 is 71.0. The molecule has 0 bridgehead atoms. The normalized spacial score (nSPS) is 16.3. The second-order valence-corrected chi connectivity index (χ2v) is 11.7. The number of anilines is 2. The number of aromatic nitrogens is 3. The molecule has 0 aliphatic carbocycles. The molecule has 1 aliphatic rings. The van der Waals surface area contributed by atoms with Crippen LogP contribution in [0.1, 0.15) is 18.4 Å². The first-order chi connectivity index (χ1) is 18.6. The molecule has 5 rings (SSSR count). The van der Waals surface area contributed by atoms with Crippen LogP contribution in [0.5, 0.6) is 11.6 Å². The third-order valence-electron chi connectivity index (χ3n) is 6.05. The predicted octanol–water partition coefficient (Wildman–Crippen LogP) is 5.32. The van der Waals surface area contributed by atoms with Crippen LogP contribution < -0.4 is 20.1 Å². The topological polar surface area (TPSA) is 118 Å². The van der Waals surface area contributed by atoms with Gasteiger partial charge in [0, 0.05) is 29.6 Å². The third kappa shape index (κ3) is 6.57. The van der Waals surface area contributed by atoms with Crippen molar-refractivity contribution in [1.82, 2.24) is 20.3 Å². The van der Waals surface area contributed by atoms with Crippen molar-refractivity contribution in [3.05, 3.63) is 53.7 Å². The number of sulfonamides is 1. The Morgan fingerprint density at radius 3 is 2.72 bits per heavy atom. The molecule has 14 heteroatoms. The van der Waals surface area contributed by atoms with E-state index >= 15 is 0 Å². The number of fused-ring (bicyclic) bond motifs is 1. The van der Waals surface area contributed by atoms with Crippen molar-refractivity contribution in [2.45, 2.75) is 32.0 Å². The molecule has 3 N–H and O–H groups in total. The summed E-state index contributed by atoms with van der Waals surface area (Å²) >= 11 is 1.34. The first-order valence-electron chi connectivity index (χ1n) is 12.1. The molecule has 0 amide bonds. The number of aryl methyl sites for hydroxylation is 1. The van der Waals surface area contributed by atoms with Crippen molar-refractivity contribution in [2.24, 2.45) is 0 Å². The zero-order valence-corrected chi connectivity index (χ0v) is 22.4. The smallest absolute Gasteiger partial charge is 0.404 e. The van der Waals surface area contributed by atoms with Crippen LogP contribution in [0.2, 0.25) is 0 Å². The first-order valence-corrected chi connectivity index (χ1v) is 14.6. The highest BCUT2D eigenvalue weighted by molar-refractivity contribution is 7.92. The van der Waals surface area contributed by atoms with Gasteiger partial charge in [-0.25, -0.2) is 23.4 Å². The summed E-state index contributed by atoms with van der Waals surface area (Å²) in [6.45, 7) is 3.51. The highest BCUT2D eigenvalue weighted by Crippen LogP contribution is 2.41. The molecule has 1 atom stereocenters. The van der Waals surface area contributed by atoms with Gasteiger partial charge in [-0.3, -0.25) is 4.72 Å². The van der Waals surface area contributed by atoms with Gasteiger partial charge in [0.05, 0.1) is 16.9 Å². The maximum absolute atomic E-state index is 12.8. The van der Waals surface area contributed by atoms with Crippen LogP contribution in [0.4, 0.5) is 24.8 Å². The number of nitrogens with one attached hydrogen (secondary N) is 3. The van der Waals surface area contributed by atoms with Crippen LogP contribution in [-0.4, -0.2) is 54.4 Å². The van der Waals surface area contributed by atoms with E-state index in [1.807, 2.05) is 0 Å². The van der Waals surface area contributed by atoms with Gasteiger partial charge >= 0.3 is 6.18 Å². The lowest BCUT2D eigenvalue weighted by atomic mass is 10.0. The number of rotatable bonds is 8. The fourth-order valence-corrected chi connectivity index (χ4v) is 6.11. The molecule has 1 aliphatic heterocycles. The predicted molar refractivity (Wildman–Crippen MR) is 145 cm³/mol. The summed E-state index contributed by atoms with van der Waals surface area (Å²) in [6, 6.07) is 10.1. The summed E-state index contributed by atoms with van der Waals surface area (Å²) in [4.78, 5) is 14.0. The lowest BCUT2D eigenvalue weighted by Gasteiger charge is -2.23. The molecule has 0 saturated carbocycles. The second-order valence-electron chi connectivity index (χ2n) is 9.13. The molecule has 1 fully saturated rings. The molecule has 3 heterocycles. The molecule has 4 aromatic rings. The summed E-state index contributed by atoms with van der Waals surface area (Å²) in [6.07, 6.45) is -1.12. The van der Waals surface area contributed by atoms with E-state index in [0.29, 0.717) is 44.5 Å². The van der Waals surface area contributed by atoms with Crippen molar-refractivity contribution >= 4 is 43.8 Å². The molecule has 0 spiro atoms. The van der Waals surface area contributed by atoms with Crippen LogP contribution in [0.15, 0.2) is 48.1 Å². The lowest BCUT2D eigenvalue weighted by molar-refractivity contribution is -0.106. The van der Waals surface area contributed by atoms with Gasteiger partial charge in [0.25, 0.3) is 0 Å². The van der Waals surface area contributed by atoms with E-state index in [2.05, 4.69) is 30.3 Å². The first kappa shape index (κ1) is 27.1. The van der Waals surface area contributed by atoms with E-state index in [4.69, 9.17) is 4.74 Å². The van der Waals surface area contributed by atoms with Crippen molar-refractivity contribution < 1.29 is 26.3 Å². The van der Waals surface area contributed by atoms with E-state index in [9.17, 15) is 21.6 Å². The van der Waals surface area contributed by atoms with Crippen molar-refractivity contribution in [1.29, 1.82) is 0 Å². The Balaban J connectivity index is 1.45. The number of hydrogen-bond acceptors (Lipinski definition) is 9. The van der Waals surface area contributed by atoms with Crippen LogP contribution in [0.25, 0.3) is 21.3 Å². The summed E-state index contributed by atoms with van der Waals surface area (Å²) in [5, 5.41) is 7.60. The van der Waals surface area contributed by atoms with E-state index < -0.39 is 22.0 Å². The van der Waals surface area contributed by atoms with Crippen molar-refractivity contribution in [3.8, 4) is 22.2 Å². The van der Waals surface area contributed by atoms with Gasteiger partial charge in [-0.05, 0) is 44.0 Å². The Morgan fingerprint density at radius 1 is 1.18 bits per heavy atom. The fourth-order valence-electron chi connectivity index (χ4n) is 4.41. The lowest BCUT2D eigenvalue weighted by Crippen LogP contribution is -2.38. The van der Waals surface area contributed by atoms with Gasteiger partial charge in [-0.1, -0.05) is 24.3 Å².